The average molecular weight is 408 g/mol. The lowest BCUT2D eigenvalue weighted by molar-refractivity contribution is -0.142. The molecule has 0 N–H and O–H groups in total. The number of imide groups is 1. The van der Waals surface area contributed by atoms with Crippen LogP contribution in [0.15, 0.2) is 30.5 Å². The molecule has 0 radical (unpaired) electrons. The molecule has 2 fully saturated rings. The predicted molar refractivity (Wildman–Crippen MR) is 99.7 cm³/mol. The molecule has 2 atom stereocenters. The van der Waals surface area contributed by atoms with Crippen molar-refractivity contribution in [2.24, 2.45) is 11.8 Å². The number of halogens is 3. The highest BCUT2D eigenvalue weighted by Gasteiger charge is 2.47. The molecule has 1 aromatic heterocycles. The van der Waals surface area contributed by atoms with Crippen LogP contribution in [0.25, 0.3) is 0 Å². The van der Waals surface area contributed by atoms with Gasteiger partial charge in [-0.15, -0.1) is 0 Å². The van der Waals surface area contributed by atoms with E-state index in [1.807, 2.05) is 17.1 Å². The highest BCUT2D eigenvalue weighted by Crippen LogP contribution is 2.35. The van der Waals surface area contributed by atoms with Gasteiger partial charge >= 0.3 is 6.18 Å². The van der Waals surface area contributed by atoms with Gasteiger partial charge in [-0.25, -0.2) is 4.98 Å². The summed E-state index contributed by atoms with van der Waals surface area (Å²) in [6, 6.07) is 2.44. The van der Waals surface area contributed by atoms with Gasteiger partial charge in [-0.05, 0) is 31.4 Å². The number of nitrogens with zero attached hydrogens (tertiary/aromatic N) is 4. The van der Waals surface area contributed by atoms with Crippen molar-refractivity contribution in [3.8, 4) is 0 Å². The Bertz CT molecular complexity index is 783. The van der Waals surface area contributed by atoms with Crippen molar-refractivity contribution in [1.82, 2.24) is 14.8 Å². The number of likely N-dealkylation sites (tertiary alicyclic amines) is 1. The van der Waals surface area contributed by atoms with Gasteiger partial charge in [0.25, 0.3) is 0 Å². The third kappa shape index (κ3) is 4.01. The molecule has 3 heterocycles. The number of aromatic nitrogens is 1. The molecule has 1 aromatic rings. The van der Waals surface area contributed by atoms with Crippen molar-refractivity contribution in [3.63, 3.8) is 0 Å². The lowest BCUT2D eigenvalue weighted by atomic mass is 9.85. The first-order valence-electron chi connectivity index (χ1n) is 9.85. The number of anilines is 1. The van der Waals surface area contributed by atoms with Crippen LogP contribution in [0.2, 0.25) is 0 Å². The van der Waals surface area contributed by atoms with Crippen LogP contribution in [0.3, 0.4) is 0 Å². The zero-order valence-electron chi connectivity index (χ0n) is 15.9. The van der Waals surface area contributed by atoms with Crippen molar-refractivity contribution in [2.75, 3.05) is 37.7 Å². The molecule has 156 valence electrons. The Morgan fingerprint density at radius 2 is 1.66 bits per heavy atom. The maximum Gasteiger partial charge on any atom is 0.417 e. The summed E-state index contributed by atoms with van der Waals surface area (Å²) in [6.07, 6.45) is 2.41. The molecule has 2 amide bonds. The maximum atomic E-state index is 12.7. The second-order valence-electron chi connectivity index (χ2n) is 7.76. The first-order valence-corrected chi connectivity index (χ1v) is 9.85. The molecule has 9 heteroatoms. The molecule has 6 nitrogen and oxygen atoms in total. The summed E-state index contributed by atoms with van der Waals surface area (Å²) in [5.41, 5.74) is -0.764. The van der Waals surface area contributed by atoms with Crippen LogP contribution in [0.1, 0.15) is 24.8 Å². The van der Waals surface area contributed by atoms with Crippen LogP contribution in [0, 0.1) is 11.8 Å². The minimum absolute atomic E-state index is 0.0881. The quantitative estimate of drug-likeness (QED) is 0.568. The van der Waals surface area contributed by atoms with E-state index in [-0.39, 0.29) is 30.3 Å². The molecule has 2 aliphatic heterocycles. The van der Waals surface area contributed by atoms with E-state index in [0.29, 0.717) is 44.8 Å². The molecular formula is C20H23F3N4O2. The van der Waals surface area contributed by atoms with Gasteiger partial charge in [0.15, 0.2) is 0 Å². The monoisotopic (exact) mass is 408 g/mol. The van der Waals surface area contributed by atoms with Crippen molar-refractivity contribution in [2.45, 2.75) is 25.4 Å². The van der Waals surface area contributed by atoms with E-state index in [1.54, 1.807) is 0 Å². The van der Waals surface area contributed by atoms with Crippen LogP contribution in [0.4, 0.5) is 19.0 Å². The lowest BCUT2D eigenvalue weighted by Crippen LogP contribution is -2.43. The van der Waals surface area contributed by atoms with Gasteiger partial charge in [0.05, 0.1) is 24.1 Å². The smallest absolute Gasteiger partial charge is 0.355 e. The van der Waals surface area contributed by atoms with Crippen LogP contribution >= 0.6 is 0 Å². The Hall–Kier alpha value is -2.42. The lowest BCUT2D eigenvalue weighted by Gasteiger charge is -2.26. The number of hydrogen-bond donors (Lipinski definition) is 0. The first kappa shape index (κ1) is 19.9. The van der Waals surface area contributed by atoms with Crippen LogP contribution in [-0.4, -0.2) is 59.4 Å². The fourth-order valence-corrected chi connectivity index (χ4v) is 4.29. The summed E-state index contributed by atoms with van der Waals surface area (Å²) in [4.78, 5) is 34.6. The molecule has 0 aromatic carbocycles. The van der Waals surface area contributed by atoms with Gasteiger partial charge in [0.2, 0.25) is 11.8 Å². The summed E-state index contributed by atoms with van der Waals surface area (Å²) < 4.78 is 38.2. The third-order valence-electron chi connectivity index (χ3n) is 5.93. The molecule has 0 saturated carbocycles. The van der Waals surface area contributed by atoms with E-state index >= 15 is 0 Å². The van der Waals surface area contributed by atoms with Crippen LogP contribution in [-0.2, 0) is 15.8 Å². The van der Waals surface area contributed by atoms with Crippen molar-refractivity contribution in [1.29, 1.82) is 0 Å². The Labute approximate surface area is 167 Å². The zero-order chi connectivity index (χ0) is 20.6. The average Bonchev–Trinajstić information content (AvgIpc) is 2.87. The van der Waals surface area contributed by atoms with Gasteiger partial charge in [0, 0.05) is 32.4 Å². The molecule has 2 saturated heterocycles. The van der Waals surface area contributed by atoms with Gasteiger partial charge in [0.1, 0.15) is 5.82 Å². The Kier molecular flexibility index (Phi) is 5.33. The minimum atomic E-state index is -4.40. The summed E-state index contributed by atoms with van der Waals surface area (Å²) in [5.74, 6) is -0.130. The molecule has 4 rings (SSSR count). The number of allylic oxidation sites excluding steroid dienone is 2. The van der Waals surface area contributed by atoms with Crippen LogP contribution in [0.5, 0.6) is 0 Å². The Morgan fingerprint density at radius 3 is 2.24 bits per heavy atom. The van der Waals surface area contributed by atoms with Gasteiger partial charge in [-0.2, -0.15) is 13.2 Å². The van der Waals surface area contributed by atoms with E-state index in [1.165, 1.54) is 11.0 Å². The maximum absolute atomic E-state index is 12.7. The molecule has 1 aliphatic carbocycles. The number of carbonyl (C=O) groups is 2. The summed E-state index contributed by atoms with van der Waals surface area (Å²) in [7, 11) is 0. The molecule has 3 aliphatic rings. The largest absolute Gasteiger partial charge is 0.417 e. The second kappa shape index (κ2) is 7.78. The highest BCUT2D eigenvalue weighted by atomic mass is 19.4. The standard InChI is InChI=1S/C20H23F3N4O2/c21-20(22,23)14-6-7-17(24-12-14)26-9-3-8-25(10-11-26)13-27-18(28)15-4-1-2-5-16(15)19(27)29/h1-2,6-7,12,15-16H,3-5,8-11,13H2/t15-,16+. The van der Waals surface area contributed by atoms with E-state index in [9.17, 15) is 22.8 Å². The summed E-state index contributed by atoms with van der Waals surface area (Å²) >= 11 is 0. The number of alkyl halides is 3. The molecule has 0 unspecified atom stereocenters. The molecule has 29 heavy (non-hydrogen) atoms. The van der Waals surface area contributed by atoms with Gasteiger partial charge < -0.3 is 4.90 Å². The molecule has 0 spiro atoms. The van der Waals surface area contributed by atoms with E-state index in [0.717, 1.165) is 18.7 Å². The van der Waals surface area contributed by atoms with E-state index < -0.39 is 11.7 Å². The Balaban J connectivity index is 1.37. The Morgan fingerprint density at radius 1 is 0.966 bits per heavy atom. The second-order valence-corrected chi connectivity index (χ2v) is 7.76. The number of amides is 2. The molecular weight excluding hydrogens is 385 g/mol. The van der Waals surface area contributed by atoms with E-state index in [4.69, 9.17) is 0 Å². The number of fused-ring (bicyclic) bond motifs is 1. The molecule has 0 bridgehead atoms. The topological polar surface area (TPSA) is 56.8 Å². The van der Waals surface area contributed by atoms with Crippen molar-refractivity contribution < 1.29 is 22.8 Å². The highest BCUT2D eigenvalue weighted by molar-refractivity contribution is 6.05. The number of rotatable bonds is 3. The normalized spacial score (nSPS) is 26.0. The number of hydrogen-bond acceptors (Lipinski definition) is 5. The van der Waals surface area contributed by atoms with Crippen molar-refractivity contribution in [3.05, 3.63) is 36.0 Å². The third-order valence-corrected chi connectivity index (χ3v) is 5.93. The number of pyridine rings is 1. The number of carbonyl (C=O) groups excluding carboxylic acids is 2. The van der Waals surface area contributed by atoms with Crippen molar-refractivity contribution >= 4 is 17.6 Å². The first-order chi connectivity index (χ1) is 13.8. The SMILES string of the molecule is O=C1[C@H]2CC=CC[C@H]2C(=O)N1CN1CCCN(c2ccc(C(F)(F)F)cn2)CC1. The zero-order valence-corrected chi connectivity index (χ0v) is 15.9. The predicted octanol–water partition coefficient (Wildman–Crippen LogP) is 2.52. The van der Waals surface area contributed by atoms with Crippen LogP contribution < -0.4 is 4.90 Å². The van der Waals surface area contributed by atoms with E-state index in [2.05, 4.69) is 9.88 Å². The van der Waals surface area contributed by atoms with Gasteiger partial charge in [-0.3, -0.25) is 19.4 Å². The minimum Gasteiger partial charge on any atom is -0.355 e. The summed E-state index contributed by atoms with van der Waals surface area (Å²) in [5, 5.41) is 0. The van der Waals surface area contributed by atoms with Gasteiger partial charge in [-0.1, -0.05) is 12.2 Å². The summed E-state index contributed by atoms with van der Waals surface area (Å²) in [6.45, 7) is 2.82. The fraction of sp³-hybridized carbons (Fsp3) is 0.550. The fourth-order valence-electron chi connectivity index (χ4n) is 4.29.